The lowest BCUT2D eigenvalue weighted by molar-refractivity contribution is 0.0451. The van der Waals surface area contributed by atoms with E-state index in [4.69, 9.17) is 0 Å². The van der Waals surface area contributed by atoms with E-state index >= 15 is 0 Å². The van der Waals surface area contributed by atoms with Gasteiger partial charge in [-0.1, -0.05) is 12.1 Å². The maximum Gasteiger partial charge on any atom is 0.115 e. The molecule has 0 aliphatic carbocycles. The summed E-state index contributed by atoms with van der Waals surface area (Å²) < 4.78 is 0. The molecule has 1 aromatic rings. The molecule has 4 heteroatoms. The van der Waals surface area contributed by atoms with Crippen molar-refractivity contribution in [3.63, 3.8) is 0 Å². The van der Waals surface area contributed by atoms with Gasteiger partial charge in [0.1, 0.15) is 5.75 Å². The molecule has 0 amide bonds. The van der Waals surface area contributed by atoms with Crippen molar-refractivity contribution in [2.75, 3.05) is 32.8 Å². The van der Waals surface area contributed by atoms with Crippen LogP contribution in [0, 0.1) is 0 Å². The summed E-state index contributed by atoms with van der Waals surface area (Å²) in [5.74, 6) is 0.250. The Morgan fingerprint density at radius 2 is 2.17 bits per heavy atom. The first kappa shape index (κ1) is 13.3. The molecular weight excluding hydrogens is 228 g/mol. The topological polar surface area (TPSA) is 55.7 Å². The third-order valence-electron chi connectivity index (χ3n) is 3.81. The highest BCUT2D eigenvalue weighted by molar-refractivity contribution is 5.32. The van der Waals surface area contributed by atoms with Crippen LogP contribution in [0.15, 0.2) is 24.3 Å². The summed E-state index contributed by atoms with van der Waals surface area (Å²) in [6.07, 6.45) is 1.08. The van der Waals surface area contributed by atoms with Crippen molar-refractivity contribution in [3.8, 4) is 5.75 Å². The number of phenolic OH excluding ortho intramolecular Hbond substituents is 1. The molecule has 1 unspecified atom stereocenters. The summed E-state index contributed by atoms with van der Waals surface area (Å²) in [4.78, 5) is 2.29. The highest BCUT2D eigenvalue weighted by atomic mass is 16.3. The van der Waals surface area contributed by atoms with E-state index in [1.165, 1.54) is 0 Å². The van der Waals surface area contributed by atoms with E-state index in [0.29, 0.717) is 0 Å². The number of aliphatic hydroxyl groups is 1. The second kappa shape index (κ2) is 5.69. The zero-order valence-electron chi connectivity index (χ0n) is 10.9. The van der Waals surface area contributed by atoms with Gasteiger partial charge in [-0.3, -0.25) is 4.90 Å². The second-order valence-corrected chi connectivity index (χ2v) is 5.07. The molecule has 1 fully saturated rings. The summed E-state index contributed by atoms with van der Waals surface area (Å²) >= 11 is 0. The van der Waals surface area contributed by atoms with Crippen molar-refractivity contribution in [1.29, 1.82) is 0 Å². The summed E-state index contributed by atoms with van der Waals surface area (Å²) in [5.41, 5.74) is 0.539. The molecule has 1 aromatic carbocycles. The molecule has 3 N–H and O–H groups in total. The van der Waals surface area contributed by atoms with E-state index in [2.05, 4.69) is 10.2 Å². The zero-order valence-corrected chi connectivity index (χ0v) is 10.9. The first-order chi connectivity index (χ1) is 8.66. The standard InChI is InChI=1S/C14H22N2O2/c1-14(11-17,12-4-2-5-13(18)10-12)16-8-3-6-15-7-9-16/h2,4-5,10,15,17-18H,3,6-9,11H2,1H3. The van der Waals surface area contributed by atoms with Crippen LogP contribution < -0.4 is 5.32 Å². The molecule has 1 heterocycles. The number of nitrogens with zero attached hydrogens (tertiary/aromatic N) is 1. The molecule has 1 atom stereocenters. The van der Waals surface area contributed by atoms with Gasteiger partial charge in [-0.15, -0.1) is 0 Å². The molecule has 1 aliphatic heterocycles. The Morgan fingerprint density at radius 1 is 1.33 bits per heavy atom. The van der Waals surface area contributed by atoms with Gasteiger partial charge in [0.25, 0.3) is 0 Å². The van der Waals surface area contributed by atoms with Crippen molar-refractivity contribution in [2.45, 2.75) is 18.9 Å². The molecule has 4 nitrogen and oxygen atoms in total. The quantitative estimate of drug-likeness (QED) is 0.746. The van der Waals surface area contributed by atoms with Gasteiger partial charge in [0.15, 0.2) is 0 Å². The van der Waals surface area contributed by atoms with Crippen LogP contribution in [0.1, 0.15) is 18.9 Å². The average Bonchev–Trinajstić information content (AvgIpc) is 2.67. The Morgan fingerprint density at radius 3 is 2.89 bits per heavy atom. The number of hydrogen-bond donors (Lipinski definition) is 3. The fourth-order valence-electron chi connectivity index (χ4n) is 2.55. The zero-order chi connectivity index (χ0) is 13.0. The molecule has 1 saturated heterocycles. The maximum absolute atomic E-state index is 9.83. The Labute approximate surface area is 108 Å². The maximum atomic E-state index is 9.83. The van der Waals surface area contributed by atoms with Gasteiger partial charge < -0.3 is 15.5 Å². The fourth-order valence-corrected chi connectivity index (χ4v) is 2.55. The normalized spacial score (nSPS) is 21.2. The van der Waals surface area contributed by atoms with E-state index < -0.39 is 5.54 Å². The first-order valence-electron chi connectivity index (χ1n) is 6.53. The summed E-state index contributed by atoms with van der Waals surface area (Å²) in [6.45, 7) is 5.92. The third-order valence-corrected chi connectivity index (χ3v) is 3.81. The molecule has 1 aliphatic rings. The molecule has 100 valence electrons. The van der Waals surface area contributed by atoms with Crippen molar-refractivity contribution in [2.24, 2.45) is 0 Å². The minimum Gasteiger partial charge on any atom is -0.508 e. The second-order valence-electron chi connectivity index (χ2n) is 5.07. The summed E-state index contributed by atoms with van der Waals surface area (Å²) in [7, 11) is 0. The number of phenols is 1. The van der Waals surface area contributed by atoms with Crippen molar-refractivity contribution < 1.29 is 10.2 Å². The van der Waals surface area contributed by atoms with Gasteiger partial charge in [-0.2, -0.15) is 0 Å². The first-order valence-corrected chi connectivity index (χ1v) is 6.53. The number of aliphatic hydroxyl groups excluding tert-OH is 1. The van der Waals surface area contributed by atoms with Crippen LogP contribution in [0.2, 0.25) is 0 Å². The average molecular weight is 250 g/mol. The smallest absolute Gasteiger partial charge is 0.115 e. The lowest BCUT2D eigenvalue weighted by atomic mass is 9.90. The Balaban J connectivity index is 2.28. The number of aromatic hydroxyl groups is 1. The van der Waals surface area contributed by atoms with E-state index in [9.17, 15) is 10.2 Å². The van der Waals surface area contributed by atoms with Crippen LogP contribution in [0.3, 0.4) is 0 Å². The number of benzene rings is 1. The van der Waals surface area contributed by atoms with Gasteiger partial charge in [-0.05, 0) is 37.6 Å². The molecule has 0 spiro atoms. The lowest BCUT2D eigenvalue weighted by Crippen LogP contribution is -2.48. The van der Waals surface area contributed by atoms with E-state index in [-0.39, 0.29) is 12.4 Å². The van der Waals surface area contributed by atoms with Gasteiger partial charge in [0, 0.05) is 19.6 Å². The number of nitrogens with one attached hydrogen (secondary N) is 1. The number of hydrogen-bond acceptors (Lipinski definition) is 4. The van der Waals surface area contributed by atoms with Crippen LogP contribution >= 0.6 is 0 Å². The molecular formula is C14H22N2O2. The van der Waals surface area contributed by atoms with Gasteiger partial charge >= 0.3 is 0 Å². The summed E-state index contributed by atoms with van der Waals surface area (Å²) in [6, 6.07) is 7.20. The van der Waals surface area contributed by atoms with Crippen molar-refractivity contribution in [1.82, 2.24) is 10.2 Å². The largest absolute Gasteiger partial charge is 0.508 e. The predicted octanol–water partition coefficient (Wildman–Crippen LogP) is 0.895. The van der Waals surface area contributed by atoms with Crippen LogP contribution in [0.4, 0.5) is 0 Å². The monoisotopic (exact) mass is 250 g/mol. The van der Waals surface area contributed by atoms with Crippen LogP contribution in [-0.4, -0.2) is 47.9 Å². The molecule has 0 bridgehead atoms. The minimum absolute atomic E-state index is 0.0520. The molecule has 0 radical (unpaired) electrons. The van der Waals surface area contributed by atoms with Gasteiger partial charge in [0.2, 0.25) is 0 Å². The predicted molar refractivity (Wildman–Crippen MR) is 71.6 cm³/mol. The van der Waals surface area contributed by atoms with E-state index in [0.717, 1.165) is 38.2 Å². The van der Waals surface area contributed by atoms with Crippen molar-refractivity contribution >= 4 is 0 Å². The highest BCUT2D eigenvalue weighted by Crippen LogP contribution is 2.30. The van der Waals surface area contributed by atoms with Gasteiger partial charge in [0.05, 0.1) is 12.1 Å². The lowest BCUT2D eigenvalue weighted by Gasteiger charge is -2.40. The number of rotatable bonds is 3. The third kappa shape index (κ3) is 2.66. The fraction of sp³-hybridized carbons (Fsp3) is 0.571. The molecule has 18 heavy (non-hydrogen) atoms. The van der Waals surface area contributed by atoms with Gasteiger partial charge in [-0.25, -0.2) is 0 Å². The van der Waals surface area contributed by atoms with Crippen LogP contribution in [0.5, 0.6) is 5.75 Å². The molecule has 0 saturated carbocycles. The Bertz CT molecular complexity index is 389. The van der Waals surface area contributed by atoms with E-state index in [1.807, 2.05) is 19.1 Å². The van der Waals surface area contributed by atoms with Crippen LogP contribution in [-0.2, 0) is 5.54 Å². The summed E-state index contributed by atoms with van der Waals surface area (Å²) in [5, 5.41) is 22.8. The molecule has 0 aromatic heterocycles. The SMILES string of the molecule is CC(CO)(c1cccc(O)c1)N1CCCNCC1. The Kier molecular flexibility index (Phi) is 4.22. The van der Waals surface area contributed by atoms with Crippen molar-refractivity contribution in [3.05, 3.63) is 29.8 Å². The van der Waals surface area contributed by atoms with Crippen LogP contribution in [0.25, 0.3) is 0 Å². The van der Waals surface area contributed by atoms with E-state index in [1.54, 1.807) is 12.1 Å². The highest BCUT2D eigenvalue weighted by Gasteiger charge is 2.33. The Hall–Kier alpha value is -1.10. The molecule has 2 rings (SSSR count). The minimum atomic E-state index is -0.426.